The first-order valence-electron chi connectivity index (χ1n) is 12.6. The average Bonchev–Trinajstić information content (AvgIpc) is 2.78. The SMILES string of the molecule is CC(C)(CCC[S+]([O-])CCC[S+]([O-])CCCC(C)(C)Cc1cc(=O)c(O)co1)Cc1cc(=O)c(O)co1. The molecule has 0 aromatic carbocycles. The molecule has 2 rings (SSSR count). The Morgan fingerprint density at radius 3 is 1.41 bits per heavy atom. The molecule has 0 fully saturated rings. The minimum absolute atomic E-state index is 0.139. The second-order valence-electron chi connectivity index (χ2n) is 11.1. The van der Waals surface area contributed by atoms with Gasteiger partial charge in [0, 0.05) is 31.4 Å². The molecule has 0 aliphatic carbocycles. The number of hydrogen-bond acceptors (Lipinski definition) is 8. The van der Waals surface area contributed by atoms with Crippen molar-refractivity contribution in [2.75, 3.05) is 23.0 Å². The molecule has 2 unspecified atom stereocenters. The minimum atomic E-state index is -0.965. The highest BCUT2D eigenvalue weighted by Gasteiger charge is 2.23. The van der Waals surface area contributed by atoms with Crippen molar-refractivity contribution in [3.8, 4) is 11.5 Å². The van der Waals surface area contributed by atoms with Crippen LogP contribution in [0.2, 0.25) is 0 Å². The fourth-order valence-electron chi connectivity index (χ4n) is 4.20. The Morgan fingerprint density at radius 1 is 0.703 bits per heavy atom. The Kier molecular flexibility index (Phi) is 12.1. The maximum atomic E-state index is 12.4. The Labute approximate surface area is 224 Å². The average molecular weight is 557 g/mol. The van der Waals surface area contributed by atoms with Gasteiger partial charge in [0.2, 0.25) is 10.9 Å². The van der Waals surface area contributed by atoms with E-state index in [1.807, 2.05) is 0 Å². The molecule has 0 amide bonds. The molecule has 0 bridgehead atoms. The number of aromatic hydroxyl groups is 2. The molecule has 0 aliphatic heterocycles. The summed E-state index contributed by atoms with van der Waals surface area (Å²) in [7, 11) is 0. The van der Waals surface area contributed by atoms with Crippen LogP contribution < -0.4 is 10.9 Å². The zero-order valence-electron chi connectivity index (χ0n) is 22.2. The largest absolute Gasteiger partial charge is 0.616 e. The van der Waals surface area contributed by atoms with Gasteiger partial charge in [-0.3, -0.25) is 9.59 Å². The molecule has 208 valence electrons. The highest BCUT2D eigenvalue weighted by Crippen LogP contribution is 2.29. The van der Waals surface area contributed by atoms with Crippen molar-refractivity contribution in [3.05, 3.63) is 56.6 Å². The van der Waals surface area contributed by atoms with Crippen molar-refractivity contribution >= 4 is 22.4 Å². The predicted octanol–water partition coefficient (Wildman–Crippen LogP) is 4.29. The third kappa shape index (κ3) is 12.0. The van der Waals surface area contributed by atoms with Crippen LogP contribution in [0.25, 0.3) is 0 Å². The van der Waals surface area contributed by atoms with Crippen LogP contribution in [0.1, 0.15) is 71.3 Å². The van der Waals surface area contributed by atoms with Crippen LogP contribution in [-0.2, 0) is 35.2 Å². The molecule has 8 nitrogen and oxygen atoms in total. The van der Waals surface area contributed by atoms with E-state index in [-0.39, 0.29) is 10.8 Å². The van der Waals surface area contributed by atoms with Crippen LogP contribution in [0.4, 0.5) is 0 Å². The first kappa shape index (κ1) is 31.3. The second kappa shape index (κ2) is 14.3. The number of hydrogen-bond donors (Lipinski definition) is 2. The first-order valence-corrected chi connectivity index (χ1v) is 15.6. The molecule has 0 saturated heterocycles. The zero-order chi connectivity index (χ0) is 27.6. The molecule has 2 heterocycles. The summed E-state index contributed by atoms with van der Waals surface area (Å²) >= 11 is -1.93. The molecule has 0 spiro atoms. The van der Waals surface area contributed by atoms with E-state index in [2.05, 4.69) is 27.7 Å². The van der Waals surface area contributed by atoms with E-state index in [0.717, 1.165) is 38.2 Å². The fraction of sp³-hybridized carbons (Fsp3) is 0.630. The van der Waals surface area contributed by atoms with Crippen molar-refractivity contribution in [3.63, 3.8) is 0 Å². The molecule has 2 N–H and O–H groups in total. The third-order valence-corrected chi connectivity index (χ3v) is 9.21. The first-order chi connectivity index (χ1) is 17.3. The normalized spacial score (nSPS) is 14.0. The van der Waals surface area contributed by atoms with E-state index >= 15 is 0 Å². The van der Waals surface area contributed by atoms with Gasteiger partial charge in [0.05, 0.1) is 0 Å². The van der Waals surface area contributed by atoms with Crippen LogP contribution >= 0.6 is 0 Å². The van der Waals surface area contributed by atoms with Crippen molar-refractivity contribution in [1.29, 1.82) is 0 Å². The summed E-state index contributed by atoms with van der Waals surface area (Å²) in [6, 6.07) is 2.62. The van der Waals surface area contributed by atoms with Crippen molar-refractivity contribution in [2.45, 2.75) is 72.6 Å². The molecule has 2 aromatic rings. The molecule has 0 aliphatic rings. The van der Waals surface area contributed by atoms with Crippen LogP contribution in [0.15, 0.2) is 43.1 Å². The highest BCUT2D eigenvalue weighted by molar-refractivity contribution is 7.92. The van der Waals surface area contributed by atoms with Crippen LogP contribution in [0.3, 0.4) is 0 Å². The molecule has 2 atom stereocenters. The summed E-state index contributed by atoms with van der Waals surface area (Å²) in [5, 5.41) is 18.6. The lowest BCUT2D eigenvalue weighted by Gasteiger charge is -2.24. The maximum Gasteiger partial charge on any atom is 0.226 e. The topological polar surface area (TPSA) is 147 Å². The van der Waals surface area contributed by atoms with Gasteiger partial charge in [-0.2, -0.15) is 0 Å². The van der Waals surface area contributed by atoms with Gasteiger partial charge in [0.15, 0.2) is 11.5 Å². The lowest BCUT2D eigenvalue weighted by atomic mass is 9.83. The maximum absolute atomic E-state index is 12.4. The van der Waals surface area contributed by atoms with Gasteiger partial charge < -0.3 is 28.2 Å². The lowest BCUT2D eigenvalue weighted by molar-refractivity contribution is 0.294. The Hall–Kier alpha value is -1.88. The summed E-state index contributed by atoms with van der Waals surface area (Å²) in [5.41, 5.74) is -1.19. The van der Waals surface area contributed by atoms with Gasteiger partial charge in [0.1, 0.15) is 47.1 Å². The van der Waals surface area contributed by atoms with Gasteiger partial charge in [-0.25, -0.2) is 0 Å². The number of rotatable bonds is 16. The third-order valence-electron chi connectivity index (χ3n) is 6.23. The van der Waals surface area contributed by atoms with Gasteiger partial charge in [-0.05, 0) is 36.5 Å². The lowest BCUT2D eigenvalue weighted by Crippen LogP contribution is -2.21. The molecular weight excluding hydrogens is 516 g/mol. The van der Waals surface area contributed by atoms with Crippen molar-refractivity contribution < 1.29 is 28.2 Å². The smallest absolute Gasteiger partial charge is 0.226 e. The predicted molar refractivity (Wildman–Crippen MR) is 147 cm³/mol. The quantitative estimate of drug-likeness (QED) is 0.291. The van der Waals surface area contributed by atoms with E-state index in [9.17, 15) is 28.9 Å². The summed E-state index contributed by atoms with van der Waals surface area (Å²) < 4.78 is 35.4. The van der Waals surface area contributed by atoms with E-state index < -0.39 is 44.7 Å². The molecule has 2 aromatic heterocycles. The highest BCUT2D eigenvalue weighted by atomic mass is 32.2. The van der Waals surface area contributed by atoms with Gasteiger partial charge in [-0.1, -0.05) is 50.0 Å². The fourth-order valence-corrected chi connectivity index (χ4v) is 6.66. The summed E-state index contributed by atoms with van der Waals surface area (Å²) in [6.07, 6.45) is 7.07. The van der Waals surface area contributed by atoms with Crippen molar-refractivity contribution in [1.82, 2.24) is 0 Å². The van der Waals surface area contributed by atoms with Crippen LogP contribution in [-0.4, -0.2) is 42.3 Å². The Morgan fingerprint density at radius 2 is 1.05 bits per heavy atom. The van der Waals surface area contributed by atoms with Gasteiger partial charge >= 0.3 is 0 Å². The molecule has 0 saturated carbocycles. The Balaban J connectivity index is 1.60. The summed E-state index contributed by atoms with van der Waals surface area (Å²) in [4.78, 5) is 23.1. The summed E-state index contributed by atoms with van der Waals surface area (Å²) in [6.45, 7) is 8.25. The standard InChI is InChI=1S/C27H40O8S2/c1-26(2,16-20-14-22(28)24(30)18-34-20)8-5-10-36(32)12-7-13-37(33)11-6-9-27(3,4)17-21-15-23(29)25(31)19-35-21/h14-15,18-19,30-31H,5-13,16-17H2,1-4H3. The van der Waals surface area contributed by atoms with Gasteiger partial charge in [0.25, 0.3) is 0 Å². The summed E-state index contributed by atoms with van der Waals surface area (Å²) in [5.74, 6) is 2.47. The molecule has 0 radical (unpaired) electrons. The molecule has 10 heteroatoms. The van der Waals surface area contributed by atoms with E-state index in [4.69, 9.17) is 8.83 Å². The van der Waals surface area contributed by atoms with Gasteiger partial charge in [-0.15, -0.1) is 0 Å². The van der Waals surface area contributed by atoms with Crippen LogP contribution in [0.5, 0.6) is 11.5 Å². The van der Waals surface area contributed by atoms with Crippen LogP contribution in [0, 0.1) is 10.8 Å². The van der Waals surface area contributed by atoms with E-state index in [0.29, 0.717) is 53.8 Å². The van der Waals surface area contributed by atoms with E-state index in [1.54, 1.807) is 0 Å². The zero-order valence-corrected chi connectivity index (χ0v) is 23.9. The monoisotopic (exact) mass is 556 g/mol. The molecule has 37 heavy (non-hydrogen) atoms. The van der Waals surface area contributed by atoms with Crippen molar-refractivity contribution in [2.24, 2.45) is 10.8 Å². The second-order valence-corrected chi connectivity index (χ2v) is 14.5. The molecular formula is C27H40O8S2. The van der Waals surface area contributed by atoms with E-state index in [1.165, 1.54) is 12.1 Å². The minimum Gasteiger partial charge on any atom is -0.616 e. The Bertz CT molecular complexity index is 1010.